The highest BCUT2D eigenvalue weighted by Crippen LogP contribution is 2.18. The number of hydrogen-bond donors (Lipinski definition) is 1. The van der Waals surface area contributed by atoms with Crippen molar-refractivity contribution in [1.82, 2.24) is 9.78 Å². The van der Waals surface area contributed by atoms with Gasteiger partial charge in [0.2, 0.25) is 0 Å². The van der Waals surface area contributed by atoms with Crippen LogP contribution in [0.25, 0.3) is 0 Å². The van der Waals surface area contributed by atoms with Crippen LogP contribution in [-0.2, 0) is 7.05 Å². The maximum Gasteiger partial charge on any atom is 0.180 e. The number of hydrogen-bond acceptors (Lipinski definition) is 3. The highest BCUT2D eigenvalue weighted by atomic mass is 16.1. The van der Waals surface area contributed by atoms with E-state index in [-0.39, 0.29) is 5.78 Å². The van der Waals surface area contributed by atoms with Gasteiger partial charge in [-0.25, -0.2) is 0 Å². The molecule has 17 heavy (non-hydrogen) atoms. The second-order valence-corrected chi connectivity index (χ2v) is 4.53. The molecule has 0 spiro atoms. The predicted molar refractivity (Wildman–Crippen MR) is 68.8 cm³/mol. The van der Waals surface area contributed by atoms with Crippen molar-refractivity contribution in [3.8, 4) is 0 Å². The van der Waals surface area contributed by atoms with Crippen molar-refractivity contribution in [2.24, 2.45) is 18.7 Å². The van der Waals surface area contributed by atoms with Gasteiger partial charge in [0.1, 0.15) is 5.69 Å². The van der Waals surface area contributed by atoms with Crippen LogP contribution in [0.5, 0.6) is 0 Å². The Morgan fingerprint density at radius 3 is 2.76 bits per heavy atom. The average molecular weight is 237 g/mol. The number of carbonyl (C=O) groups excluding carboxylic acids is 1. The van der Waals surface area contributed by atoms with E-state index >= 15 is 0 Å². The van der Waals surface area contributed by atoms with E-state index in [1.54, 1.807) is 24.0 Å². The van der Waals surface area contributed by atoms with Gasteiger partial charge in [-0.15, -0.1) is 0 Å². The monoisotopic (exact) mass is 237 g/mol. The van der Waals surface area contributed by atoms with E-state index in [1.165, 1.54) is 0 Å². The summed E-state index contributed by atoms with van der Waals surface area (Å²) in [5.74, 6) is 0.769. The Morgan fingerprint density at radius 2 is 2.24 bits per heavy atom. The van der Waals surface area contributed by atoms with Gasteiger partial charge in [0.25, 0.3) is 0 Å². The van der Waals surface area contributed by atoms with Crippen LogP contribution < -0.4 is 5.73 Å². The fraction of sp³-hybridized carbons (Fsp3) is 0.692. The molecule has 0 aromatic carbocycles. The number of nitrogens with zero attached hydrogens (tertiary/aromatic N) is 2. The second kappa shape index (κ2) is 7.22. The van der Waals surface area contributed by atoms with Crippen LogP contribution in [0.4, 0.5) is 0 Å². The van der Waals surface area contributed by atoms with Crippen LogP contribution in [0, 0.1) is 5.92 Å². The SMILES string of the molecule is CCCC(CCN)CCC(=O)c1ccnn1C. The van der Waals surface area contributed by atoms with Gasteiger partial charge in [0, 0.05) is 19.7 Å². The maximum atomic E-state index is 11.9. The Labute approximate surface area is 103 Å². The zero-order chi connectivity index (χ0) is 12.7. The third kappa shape index (κ3) is 4.30. The summed E-state index contributed by atoms with van der Waals surface area (Å²) in [7, 11) is 1.80. The minimum Gasteiger partial charge on any atom is -0.330 e. The van der Waals surface area contributed by atoms with Crippen molar-refractivity contribution in [3.05, 3.63) is 18.0 Å². The molecule has 4 nitrogen and oxygen atoms in total. The smallest absolute Gasteiger partial charge is 0.180 e. The third-order valence-electron chi connectivity index (χ3n) is 3.16. The number of ketones is 1. The van der Waals surface area contributed by atoms with E-state index in [9.17, 15) is 4.79 Å². The van der Waals surface area contributed by atoms with Crippen molar-refractivity contribution in [1.29, 1.82) is 0 Å². The zero-order valence-electron chi connectivity index (χ0n) is 10.9. The molecule has 0 saturated heterocycles. The number of rotatable bonds is 8. The average Bonchev–Trinajstić information content (AvgIpc) is 2.72. The molecule has 4 heteroatoms. The molecule has 1 heterocycles. The van der Waals surface area contributed by atoms with E-state index in [0.29, 0.717) is 24.6 Å². The number of nitrogens with two attached hydrogens (primary N) is 1. The molecule has 1 unspecified atom stereocenters. The quantitative estimate of drug-likeness (QED) is 0.705. The van der Waals surface area contributed by atoms with E-state index < -0.39 is 0 Å². The molecule has 0 fully saturated rings. The Bertz CT molecular complexity index is 340. The van der Waals surface area contributed by atoms with Crippen LogP contribution in [0.15, 0.2) is 12.3 Å². The molecular formula is C13H23N3O. The molecule has 96 valence electrons. The Hall–Kier alpha value is -1.16. The van der Waals surface area contributed by atoms with Crippen LogP contribution in [-0.4, -0.2) is 22.1 Å². The minimum atomic E-state index is 0.183. The standard InChI is InChI=1S/C13H23N3O/c1-3-4-11(7-9-14)5-6-13(17)12-8-10-15-16(12)2/h8,10-11H,3-7,9,14H2,1-2H3. The lowest BCUT2D eigenvalue weighted by atomic mass is 9.93. The van der Waals surface area contributed by atoms with Crippen molar-refractivity contribution in [3.63, 3.8) is 0 Å². The summed E-state index contributed by atoms with van der Waals surface area (Å²) in [6.07, 6.45) is 6.54. The lowest BCUT2D eigenvalue weighted by molar-refractivity contribution is 0.0963. The molecular weight excluding hydrogens is 214 g/mol. The van der Waals surface area contributed by atoms with Gasteiger partial charge in [0.05, 0.1) is 0 Å². The Kier molecular flexibility index (Phi) is 5.91. The largest absolute Gasteiger partial charge is 0.330 e. The van der Waals surface area contributed by atoms with Crippen molar-refractivity contribution in [2.45, 2.75) is 39.0 Å². The molecule has 0 aliphatic rings. The molecule has 0 bridgehead atoms. The first-order valence-corrected chi connectivity index (χ1v) is 6.40. The molecule has 1 atom stereocenters. The fourth-order valence-corrected chi connectivity index (χ4v) is 2.19. The molecule has 1 aromatic rings. The zero-order valence-corrected chi connectivity index (χ0v) is 10.9. The molecule has 1 aromatic heterocycles. The van der Waals surface area contributed by atoms with Gasteiger partial charge >= 0.3 is 0 Å². The summed E-state index contributed by atoms with van der Waals surface area (Å²) in [6, 6.07) is 1.78. The number of Topliss-reactive ketones (excluding diaryl/α,β-unsaturated/α-hetero) is 1. The predicted octanol–water partition coefficient (Wildman–Crippen LogP) is 2.15. The van der Waals surface area contributed by atoms with Gasteiger partial charge in [-0.2, -0.15) is 5.10 Å². The van der Waals surface area contributed by atoms with Gasteiger partial charge in [-0.05, 0) is 31.4 Å². The molecule has 1 rings (SSSR count). The molecule has 0 aliphatic heterocycles. The fourth-order valence-electron chi connectivity index (χ4n) is 2.19. The molecule has 0 saturated carbocycles. The topological polar surface area (TPSA) is 60.9 Å². The lowest BCUT2D eigenvalue weighted by Gasteiger charge is -2.14. The highest BCUT2D eigenvalue weighted by molar-refractivity contribution is 5.94. The van der Waals surface area contributed by atoms with Crippen LogP contribution in [0.3, 0.4) is 0 Å². The highest BCUT2D eigenvalue weighted by Gasteiger charge is 2.13. The molecule has 2 N–H and O–H groups in total. The molecule has 0 amide bonds. The molecule has 0 aliphatic carbocycles. The van der Waals surface area contributed by atoms with E-state index in [2.05, 4.69) is 12.0 Å². The van der Waals surface area contributed by atoms with Gasteiger partial charge in [-0.1, -0.05) is 19.8 Å². The summed E-state index contributed by atoms with van der Waals surface area (Å²) >= 11 is 0. The van der Waals surface area contributed by atoms with E-state index in [0.717, 1.165) is 25.7 Å². The van der Waals surface area contributed by atoms with Crippen LogP contribution >= 0.6 is 0 Å². The van der Waals surface area contributed by atoms with Crippen LogP contribution in [0.1, 0.15) is 49.5 Å². The van der Waals surface area contributed by atoms with Crippen molar-refractivity contribution >= 4 is 5.78 Å². The normalized spacial score (nSPS) is 12.6. The molecule has 0 radical (unpaired) electrons. The minimum absolute atomic E-state index is 0.183. The summed E-state index contributed by atoms with van der Waals surface area (Å²) in [5.41, 5.74) is 6.29. The van der Waals surface area contributed by atoms with E-state index in [4.69, 9.17) is 5.73 Å². The number of aromatic nitrogens is 2. The van der Waals surface area contributed by atoms with Crippen molar-refractivity contribution < 1.29 is 4.79 Å². The second-order valence-electron chi connectivity index (χ2n) is 4.53. The van der Waals surface area contributed by atoms with Gasteiger partial charge in [0.15, 0.2) is 5.78 Å². The maximum absolute atomic E-state index is 11.9. The summed E-state index contributed by atoms with van der Waals surface area (Å²) in [6.45, 7) is 2.89. The third-order valence-corrected chi connectivity index (χ3v) is 3.16. The summed E-state index contributed by atoms with van der Waals surface area (Å²) < 4.78 is 1.64. The Morgan fingerprint density at radius 1 is 1.47 bits per heavy atom. The summed E-state index contributed by atoms with van der Waals surface area (Å²) in [4.78, 5) is 11.9. The van der Waals surface area contributed by atoms with E-state index in [1.807, 2.05) is 0 Å². The van der Waals surface area contributed by atoms with Gasteiger partial charge < -0.3 is 5.73 Å². The Balaban J connectivity index is 2.43. The number of aryl methyl sites for hydroxylation is 1. The lowest BCUT2D eigenvalue weighted by Crippen LogP contribution is -2.12. The van der Waals surface area contributed by atoms with Crippen LogP contribution in [0.2, 0.25) is 0 Å². The summed E-state index contributed by atoms with van der Waals surface area (Å²) in [5, 5.41) is 4.01. The first-order chi connectivity index (χ1) is 8.19. The number of carbonyl (C=O) groups is 1. The van der Waals surface area contributed by atoms with Crippen molar-refractivity contribution in [2.75, 3.05) is 6.54 Å². The first-order valence-electron chi connectivity index (χ1n) is 6.40. The first kappa shape index (κ1) is 13.9. The van der Waals surface area contributed by atoms with Gasteiger partial charge in [-0.3, -0.25) is 9.48 Å².